The lowest BCUT2D eigenvalue weighted by Crippen LogP contribution is -2.51. The molecule has 5 N–H and O–H groups in total. The van der Waals surface area contributed by atoms with Crippen LogP contribution in [0.1, 0.15) is 132 Å². The van der Waals surface area contributed by atoms with Gasteiger partial charge >= 0.3 is 12.2 Å². The molecule has 17 nitrogen and oxygen atoms in total. The third-order valence-corrected chi connectivity index (χ3v) is 15.6. The van der Waals surface area contributed by atoms with Gasteiger partial charge in [-0.1, -0.05) is 72.4 Å². The number of amides is 5. The van der Waals surface area contributed by atoms with E-state index in [1.54, 1.807) is 9.80 Å². The fourth-order valence-electron chi connectivity index (χ4n) is 11.1. The summed E-state index contributed by atoms with van der Waals surface area (Å²) in [4.78, 5) is 89.4. The summed E-state index contributed by atoms with van der Waals surface area (Å²) in [7, 11) is 2.56. The molecule has 404 valence electrons. The molecule has 2 aromatic heterocycles. The number of piperidine rings is 1. The molecule has 3 aliphatic rings. The molecule has 3 saturated heterocycles. The van der Waals surface area contributed by atoms with Crippen LogP contribution < -0.4 is 20.9 Å². The maximum Gasteiger partial charge on any atom is 0.407 e. The summed E-state index contributed by atoms with van der Waals surface area (Å²) in [6, 6.07) is 23.3. The smallest absolute Gasteiger partial charge is 0.407 e. The summed E-state index contributed by atoms with van der Waals surface area (Å²) in [5.74, 6) is 7.63. The third kappa shape index (κ3) is 11.9. The molecule has 3 fully saturated rings. The van der Waals surface area contributed by atoms with E-state index in [2.05, 4.69) is 75.6 Å². The normalized spacial score (nSPS) is 17.8. The molecule has 0 spiro atoms. The van der Waals surface area contributed by atoms with E-state index < -0.39 is 24.3 Å². The Balaban J connectivity index is 0.990. The highest BCUT2D eigenvalue weighted by atomic mass is 16.5. The first-order valence-corrected chi connectivity index (χ1v) is 27.0. The van der Waals surface area contributed by atoms with Gasteiger partial charge in [0.2, 0.25) is 11.8 Å². The molecule has 17 heteroatoms. The highest BCUT2D eigenvalue weighted by Crippen LogP contribution is 2.38. The topological polar surface area (TPSA) is 207 Å². The summed E-state index contributed by atoms with van der Waals surface area (Å²) in [6.07, 6.45) is 4.01. The minimum atomic E-state index is -0.747. The molecule has 0 unspecified atom stereocenters. The Labute approximate surface area is 450 Å². The number of aromatic amines is 2. The van der Waals surface area contributed by atoms with Crippen molar-refractivity contribution in [2.45, 2.75) is 111 Å². The quantitative estimate of drug-likeness (QED) is 0.0733. The summed E-state index contributed by atoms with van der Waals surface area (Å²) in [6.45, 7) is 17.6. The number of fused-ring (bicyclic) bond motifs is 2. The molecule has 6 aromatic rings. The van der Waals surface area contributed by atoms with Gasteiger partial charge in [0, 0.05) is 48.7 Å². The fourth-order valence-corrected chi connectivity index (χ4v) is 11.1. The highest BCUT2D eigenvalue weighted by Gasteiger charge is 2.39. The number of ether oxygens (including phenoxy) is 2. The number of anilines is 2. The van der Waals surface area contributed by atoms with Crippen molar-refractivity contribution in [1.82, 2.24) is 40.4 Å². The van der Waals surface area contributed by atoms with Crippen LogP contribution >= 0.6 is 0 Å². The first-order valence-electron chi connectivity index (χ1n) is 27.0. The summed E-state index contributed by atoms with van der Waals surface area (Å²) >= 11 is 0. The number of nitrogens with zero attached hydrogens (tertiary/aromatic N) is 5. The number of nitrogens with one attached hydrogen (secondary N) is 5. The van der Waals surface area contributed by atoms with Crippen LogP contribution in [0.4, 0.5) is 21.0 Å². The number of H-pyrrole nitrogens is 2. The van der Waals surface area contributed by atoms with Crippen LogP contribution in [0.2, 0.25) is 0 Å². The molecule has 0 aliphatic carbocycles. The van der Waals surface area contributed by atoms with Gasteiger partial charge in [-0.15, -0.1) is 0 Å². The van der Waals surface area contributed by atoms with Gasteiger partial charge in [-0.3, -0.25) is 14.4 Å². The maximum absolute atomic E-state index is 14.5. The van der Waals surface area contributed by atoms with E-state index in [0.29, 0.717) is 64.1 Å². The maximum atomic E-state index is 14.5. The number of carbonyl (C=O) groups excluding carboxylic acids is 5. The Morgan fingerprint density at radius 1 is 0.636 bits per heavy atom. The van der Waals surface area contributed by atoms with Crippen LogP contribution in [0.25, 0.3) is 33.2 Å². The summed E-state index contributed by atoms with van der Waals surface area (Å²) < 4.78 is 9.63. The van der Waals surface area contributed by atoms with Gasteiger partial charge in [0.1, 0.15) is 23.7 Å². The molecule has 77 heavy (non-hydrogen) atoms. The van der Waals surface area contributed by atoms with Crippen molar-refractivity contribution >= 4 is 63.3 Å². The van der Waals surface area contributed by atoms with Crippen molar-refractivity contribution in [3.05, 3.63) is 107 Å². The molecule has 3 aliphatic heterocycles. The zero-order chi connectivity index (χ0) is 54.7. The van der Waals surface area contributed by atoms with E-state index in [0.717, 1.165) is 79.5 Å². The number of aromatic nitrogens is 4. The number of carbonyl (C=O) groups is 5. The van der Waals surface area contributed by atoms with Crippen LogP contribution in [0.15, 0.2) is 78.9 Å². The number of benzene rings is 4. The Bertz CT molecular complexity index is 3230. The van der Waals surface area contributed by atoms with E-state index in [9.17, 15) is 24.0 Å². The predicted octanol–water partition coefficient (Wildman–Crippen LogP) is 10.1. The number of hydrogen-bond donors (Lipinski definition) is 5. The summed E-state index contributed by atoms with van der Waals surface area (Å²) in [5, 5.41) is 8.58. The van der Waals surface area contributed by atoms with E-state index in [4.69, 9.17) is 19.4 Å². The Hall–Kier alpha value is -7.87. The van der Waals surface area contributed by atoms with Crippen LogP contribution in [-0.4, -0.2) is 112 Å². The molecular weight excluding hydrogens is 973 g/mol. The highest BCUT2D eigenvalue weighted by molar-refractivity contribution is 6.07. The van der Waals surface area contributed by atoms with E-state index >= 15 is 0 Å². The number of rotatable bonds is 12. The second kappa shape index (κ2) is 22.8. The van der Waals surface area contributed by atoms with E-state index in [1.165, 1.54) is 14.2 Å². The van der Waals surface area contributed by atoms with Crippen molar-refractivity contribution in [2.24, 2.45) is 23.2 Å². The molecular formula is C60H72N10O7. The third-order valence-electron chi connectivity index (χ3n) is 15.6. The molecule has 0 bridgehead atoms. The lowest BCUT2D eigenvalue weighted by Gasteiger charge is -2.39. The van der Waals surface area contributed by atoms with Gasteiger partial charge in [0.05, 0.1) is 53.9 Å². The standard InChI is InChI=1S/C60H72N10O7/c1-35(2)51(66-58(74)76-8)56(72)69-28-10-12-49(69)53-62-45-24-15-37(32-47(45)64-53)14-16-38-17-18-39(33-44(38)55(71)61-42-20-22-43(23-21-42)68-30-26-41(27-31-68)60(5,6)7)40-19-25-46-48(34-40)65-54(63-46)50-13-11-29-70(50)57(73)52(36(3)4)67-59(75)77-9/h15,17-25,32-36,41,49-52H,10-13,26-31H2,1-9H3,(H,61,71)(H,62,64)(H,63,65)(H,66,74)(H,67,75)/t49-,50-,51-,52-/m0/s1. The molecule has 9 rings (SSSR count). The van der Waals surface area contributed by atoms with Crippen LogP contribution in [0, 0.1) is 35.0 Å². The Morgan fingerprint density at radius 3 is 1.69 bits per heavy atom. The van der Waals surface area contributed by atoms with Crippen molar-refractivity contribution in [1.29, 1.82) is 0 Å². The van der Waals surface area contributed by atoms with Crippen LogP contribution in [0.5, 0.6) is 0 Å². The molecule has 0 saturated carbocycles. The van der Waals surface area contributed by atoms with Gasteiger partial charge in [-0.2, -0.15) is 0 Å². The fraction of sp³-hybridized carbons (Fsp3) is 0.450. The van der Waals surface area contributed by atoms with Crippen LogP contribution in [0.3, 0.4) is 0 Å². The Morgan fingerprint density at radius 2 is 1.16 bits per heavy atom. The lowest BCUT2D eigenvalue weighted by molar-refractivity contribution is -0.136. The monoisotopic (exact) mass is 1040 g/mol. The van der Waals surface area contributed by atoms with Crippen molar-refractivity contribution < 1.29 is 33.4 Å². The number of imidazole rings is 2. The van der Waals surface area contributed by atoms with Gasteiger partial charge in [0.15, 0.2) is 0 Å². The predicted molar refractivity (Wildman–Crippen MR) is 298 cm³/mol. The second-order valence-corrected chi connectivity index (χ2v) is 22.4. The number of hydrogen-bond acceptors (Lipinski definition) is 10. The van der Waals surface area contributed by atoms with Crippen molar-refractivity contribution in [2.75, 3.05) is 50.6 Å². The molecule has 5 heterocycles. The minimum absolute atomic E-state index is 0.154. The molecule has 4 atom stereocenters. The van der Waals surface area contributed by atoms with Gasteiger partial charge < -0.3 is 50.1 Å². The SMILES string of the molecule is COC(=O)N[C@H](C(=O)N1CCC[C@H]1c1nc2cc(C#Cc3ccc(-c4ccc5[nH]c([C@@H]6CCCN6C(=O)[C@@H](NC(=O)OC)C(C)C)nc5c4)cc3C(=O)Nc3ccc(N4CCC(C(C)(C)C)CC4)cc3)ccc2[nH]1)C(C)C. The number of alkyl carbamates (subject to hydrolysis) is 2. The van der Waals surface area contributed by atoms with Gasteiger partial charge in [-0.05, 0) is 140 Å². The second-order valence-electron chi connectivity index (χ2n) is 22.4. The zero-order valence-corrected chi connectivity index (χ0v) is 45.7. The average Bonchev–Trinajstić information content (AvgIpc) is 4.29. The molecule has 4 aromatic carbocycles. The first-order chi connectivity index (χ1) is 36.9. The Kier molecular flexibility index (Phi) is 15.9. The largest absolute Gasteiger partial charge is 0.453 e. The average molecular weight is 1050 g/mol. The molecule has 0 radical (unpaired) electrons. The lowest BCUT2D eigenvalue weighted by atomic mass is 9.75. The van der Waals surface area contributed by atoms with Gasteiger partial charge in [-0.25, -0.2) is 19.6 Å². The zero-order valence-electron chi connectivity index (χ0n) is 45.7. The van der Waals surface area contributed by atoms with Crippen LogP contribution in [-0.2, 0) is 19.1 Å². The van der Waals surface area contributed by atoms with Gasteiger partial charge in [0.25, 0.3) is 5.91 Å². The van der Waals surface area contributed by atoms with E-state index in [1.807, 2.05) is 94.4 Å². The summed E-state index contributed by atoms with van der Waals surface area (Å²) in [5.41, 5.74) is 8.33. The first kappa shape index (κ1) is 53.9. The number of likely N-dealkylation sites (tertiary alicyclic amines) is 2. The number of methoxy groups -OCH3 is 2. The van der Waals surface area contributed by atoms with E-state index in [-0.39, 0.29) is 47.1 Å². The van der Waals surface area contributed by atoms with Crippen molar-refractivity contribution in [3.8, 4) is 23.0 Å². The molecule has 5 amide bonds. The minimum Gasteiger partial charge on any atom is -0.453 e. The van der Waals surface area contributed by atoms with Crippen molar-refractivity contribution in [3.63, 3.8) is 0 Å².